The summed E-state index contributed by atoms with van der Waals surface area (Å²) >= 11 is 11.3. The van der Waals surface area contributed by atoms with Gasteiger partial charge < -0.3 is 4.90 Å². The summed E-state index contributed by atoms with van der Waals surface area (Å²) in [4.78, 5) is 20.6. The molecule has 7 aromatic carbocycles. The highest BCUT2D eigenvalue weighted by atomic mass is 32.2. The van der Waals surface area contributed by atoms with Crippen LogP contribution in [0.1, 0.15) is 0 Å². The molecular formula is C42H19N3S6. The molecule has 0 amide bonds. The lowest BCUT2D eigenvalue weighted by molar-refractivity contribution is 1.03. The van der Waals surface area contributed by atoms with Gasteiger partial charge in [0.1, 0.15) is 10.0 Å². The van der Waals surface area contributed by atoms with E-state index in [-0.39, 0.29) is 0 Å². The summed E-state index contributed by atoms with van der Waals surface area (Å²) < 4.78 is 5.15. The molecule has 0 aliphatic carbocycles. The number of nitrogens with zero attached hydrogens (tertiary/aromatic N) is 3. The quantitative estimate of drug-likeness (QED) is 0.174. The zero-order valence-electron chi connectivity index (χ0n) is 26.3. The molecule has 3 aliphatic rings. The van der Waals surface area contributed by atoms with E-state index in [2.05, 4.69) is 120 Å². The molecule has 0 spiro atoms. The van der Waals surface area contributed by atoms with Crippen LogP contribution < -0.4 is 4.90 Å². The number of anilines is 3. The largest absolute Gasteiger partial charge is 0.304 e. The van der Waals surface area contributed by atoms with Crippen LogP contribution in [0.4, 0.5) is 17.1 Å². The summed E-state index contributed by atoms with van der Waals surface area (Å²) in [7, 11) is 0. The molecule has 0 fully saturated rings. The Kier molecular flexibility index (Phi) is 5.63. The average molecular weight is 758 g/mol. The molecule has 9 heteroatoms. The summed E-state index contributed by atoms with van der Waals surface area (Å²) in [5.41, 5.74) is 8.41. The molecule has 0 unspecified atom stereocenters. The molecule has 3 aromatic heterocycles. The number of rotatable bonds is 2. The van der Waals surface area contributed by atoms with Gasteiger partial charge in [-0.15, -0.1) is 34.0 Å². The smallest absolute Gasteiger partial charge is 0.124 e. The van der Waals surface area contributed by atoms with E-state index >= 15 is 0 Å². The van der Waals surface area contributed by atoms with Gasteiger partial charge in [-0.2, -0.15) is 0 Å². The van der Waals surface area contributed by atoms with E-state index in [1.165, 1.54) is 97.9 Å². The van der Waals surface area contributed by atoms with Gasteiger partial charge in [0.15, 0.2) is 0 Å². The third kappa shape index (κ3) is 3.88. The second-order valence-electron chi connectivity index (χ2n) is 12.9. The number of thiophene rings is 1. The molecule has 3 nitrogen and oxygen atoms in total. The highest BCUT2D eigenvalue weighted by molar-refractivity contribution is 8.02. The minimum Gasteiger partial charge on any atom is -0.304 e. The van der Waals surface area contributed by atoms with E-state index in [1.807, 2.05) is 46.6 Å². The number of thiazole rings is 2. The van der Waals surface area contributed by atoms with Crippen LogP contribution in [0.25, 0.3) is 72.5 Å². The summed E-state index contributed by atoms with van der Waals surface area (Å²) in [6.45, 7) is 0. The maximum absolute atomic E-state index is 5.12. The molecule has 6 heterocycles. The SMILES string of the molecule is c1ccc2c(c1)ccc1sc3c4c5c(cc3c12)Sc1cc(-c2nc3ccccc3s2)cc2c1N5c1c(cc(-c3nc5ccccc5s3)cc1S4)S2. The fourth-order valence-electron chi connectivity index (χ4n) is 7.84. The predicted octanol–water partition coefficient (Wildman–Crippen LogP) is 14.6. The van der Waals surface area contributed by atoms with Crippen molar-refractivity contribution in [3.8, 4) is 21.1 Å². The lowest BCUT2D eigenvalue weighted by Crippen LogP contribution is -2.22. The maximum Gasteiger partial charge on any atom is 0.124 e. The molecule has 51 heavy (non-hydrogen) atoms. The highest BCUT2D eigenvalue weighted by Crippen LogP contribution is 2.69. The topological polar surface area (TPSA) is 29.0 Å². The lowest BCUT2D eigenvalue weighted by Gasteiger charge is -2.43. The molecule has 3 aliphatic heterocycles. The zero-order valence-corrected chi connectivity index (χ0v) is 31.2. The van der Waals surface area contributed by atoms with E-state index in [0.29, 0.717) is 0 Å². The maximum atomic E-state index is 5.12. The van der Waals surface area contributed by atoms with E-state index in [9.17, 15) is 0 Å². The molecule has 0 saturated carbocycles. The molecule has 13 rings (SSSR count). The fourth-order valence-corrected chi connectivity index (χ4v) is 14.9. The third-order valence-corrected chi connectivity index (χ3v) is 16.8. The van der Waals surface area contributed by atoms with Gasteiger partial charge in [0, 0.05) is 51.1 Å². The van der Waals surface area contributed by atoms with Crippen LogP contribution in [-0.4, -0.2) is 9.97 Å². The first kappa shape index (κ1) is 28.3. The summed E-state index contributed by atoms with van der Waals surface area (Å²) in [5, 5.41) is 7.47. The predicted molar refractivity (Wildman–Crippen MR) is 221 cm³/mol. The number of fused-ring (bicyclic) bond motifs is 8. The van der Waals surface area contributed by atoms with Gasteiger partial charge in [-0.25, -0.2) is 9.97 Å². The standard InChI is InChI=1S/C42H19N3S6/c1-2-8-23-20(7-1)13-14-29-35(23)24-19-34-38-40(39(24)48-29)49-33-18-22(42-44-26-10-4-6-12-28(26)51-42)17-32-37(33)45(38)36-30(46-32)15-21(16-31(36)47-34)41-43-25-9-3-5-11-27(25)50-41/h1-19H. The molecule has 10 aromatic rings. The number of hydrogen-bond donors (Lipinski definition) is 0. The Morgan fingerprint density at radius 2 is 1.02 bits per heavy atom. The van der Waals surface area contributed by atoms with Gasteiger partial charge in [0.05, 0.1) is 47.1 Å². The second kappa shape index (κ2) is 10.2. The minimum atomic E-state index is 1.06. The number of hydrogen-bond acceptors (Lipinski definition) is 9. The van der Waals surface area contributed by atoms with Gasteiger partial charge >= 0.3 is 0 Å². The van der Waals surface area contributed by atoms with Crippen molar-refractivity contribution in [3.63, 3.8) is 0 Å². The van der Waals surface area contributed by atoms with Crippen molar-refractivity contribution in [1.82, 2.24) is 9.97 Å². The van der Waals surface area contributed by atoms with E-state index in [0.717, 1.165) is 21.0 Å². The zero-order chi connectivity index (χ0) is 32.9. The van der Waals surface area contributed by atoms with Crippen LogP contribution in [0.5, 0.6) is 0 Å². The average Bonchev–Trinajstić information content (AvgIpc) is 3.90. The van der Waals surface area contributed by atoms with Crippen LogP contribution in [0.2, 0.25) is 0 Å². The first-order chi connectivity index (χ1) is 25.2. The van der Waals surface area contributed by atoms with Gasteiger partial charge in [-0.1, -0.05) is 89.9 Å². The van der Waals surface area contributed by atoms with Gasteiger partial charge in [0.2, 0.25) is 0 Å². The van der Waals surface area contributed by atoms with Gasteiger partial charge in [-0.05, 0) is 71.4 Å². The second-order valence-corrected chi connectivity index (χ2v) is 19.3. The summed E-state index contributed by atoms with van der Waals surface area (Å²) in [5.74, 6) is 0. The van der Waals surface area contributed by atoms with Crippen molar-refractivity contribution in [2.75, 3.05) is 4.90 Å². The number of benzene rings is 7. The van der Waals surface area contributed by atoms with Crippen LogP contribution in [0, 0.1) is 0 Å². The molecule has 0 bridgehead atoms. The highest BCUT2D eigenvalue weighted by Gasteiger charge is 2.41. The van der Waals surface area contributed by atoms with Crippen LogP contribution >= 0.6 is 69.3 Å². The Bertz CT molecular complexity index is 3120. The Morgan fingerprint density at radius 3 is 1.67 bits per heavy atom. The number of aromatic nitrogens is 2. The van der Waals surface area contributed by atoms with E-state index in [1.54, 1.807) is 22.7 Å². The molecular weight excluding hydrogens is 739 g/mol. The van der Waals surface area contributed by atoms with Crippen molar-refractivity contribution in [2.45, 2.75) is 29.4 Å². The summed E-state index contributed by atoms with van der Waals surface area (Å²) in [6, 6.07) is 42.4. The summed E-state index contributed by atoms with van der Waals surface area (Å²) in [6.07, 6.45) is 0. The van der Waals surface area contributed by atoms with Crippen LogP contribution in [-0.2, 0) is 0 Å². The van der Waals surface area contributed by atoms with Gasteiger partial charge in [-0.3, -0.25) is 0 Å². The Hall–Kier alpha value is -4.35. The Balaban J connectivity index is 1.11. The van der Waals surface area contributed by atoms with Crippen molar-refractivity contribution >= 4 is 138 Å². The van der Waals surface area contributed by atoms with Gasteiger partial charge in [0.25, 0.3) is 0 Å². The Labute approximate surface area is 316 Å². The monoisotopic (exact) mass is 757 g/mol. The fraction of sp³-hybridized carbons (Fsp3) is 0. The van der Waals surface area contributed by atoms with Crippen molar-refractivity contribution < 1.29 is 0 Å². The van der Waals surface area contributed by atoms with Crippen LogP contribution in [0.3, 0.4) is 0 Å². The minimum absolute atomic E-state index is 1.06. The van der Waals surface area contributed by atoms with E-state index in [4.69, 9.17) is 9.97 Å². The number of para-hydroxylation sites is 2. The lowest BCUT2D eigenvalue weighted by atomic mass is 10.0. The molecule has 238 valence electrons. The molecule has 0 N–H and O–H groups in total. The van der Waals surface area contributed by atoms with Crippen molar-refractivity contribution in [1.29, 1.82) is 0 Å². The molecule has 0 saturated heterocycles. The molecule has 0 radical (unpaired) electrons. The van der Waals surface area contributed by atoms with Crippen molar-refractivity contribution in [2.24, 2.45) is 0 Å². The van der Waals surface area contributed by atoms with Crippen molar-refractivity contribution in [3.05, 3.63) is 115 Å². The third-order valence-electron chi connectivity index (χ3n) is 10.0. The normalized spacial score (nSPS) is 14.0. The Morgan fingerprint density at radius 1 is 0.451 bits per heavy atom. The van der Waals surface area contributed by atoms with Crippen LogP contribution in [0.15, 0.2) is 145 Å². The molecule has 0 atom stereocenters. The van der Waals surface area contributed by atoms with E-state index < -0.39 is 0 Å². The first-order valence-electron chi connectivity index (χ1n) is 16.5. The first-order valence-corrected chi connectivity index (χ1v) is 21.4.